The summed E-state index contributed by atoms with van der Waals surface area (Å²) in [5.41, 5.74) is 3.04. The van der Waals surface area contributed by atoms with Crippen LogP contribution in [0.2, 0.25) is 0 Å². The summed E-state index contributed by atoms with van der Waals surface area (Å²) in [4.78, 5) is 22.8. The van der Waals surface area contributed by atoms with Crippen molar-refractivity contribution in [3.8, 4) is 22.8 Å². The zero-order valence-electron chi connectivity index (χ0n) is 19.6. The number of benzene rings is 1. The van der Waals surface area contributed by atoms with Crippen molar-refractivity contribution in [2.45, 2.75) is 65.5 Å². The van der Waals surface area contributed by atoms with E-state index < -0.39 is 0 Å². The molecule has 4 rings (SSSR count). The summed E-state index contributed by atoms with van der Waals surface area (Å²) in [6.07, 6.45) is 6.48. The predicted octanol–water partition coefficient (Wildman–Crippen LogP) is 4.98. The van der Waals surface area contributed by atoms with Gasteiger partial charge in [0, 0.05) is 30.0 Å². The van der Waals surface area contributed by atoms with Crippen LogP contribution in [0.1, 0.15) is 58.2 Å². The van der Waals surface area contributed by atoms with Gasteiger partial charge in [-0.2, -0.15) is 0 Å². The van der Waals surface area contributed by atoms with E-state index in [1.54, 1.807) is 17.9 Å². The first-order valence-electron chi connectivity index (χ1n) is 11.5. The smallest absolute Gasteiger partial charge is 0.333 e. The van der Waals surface area contributed by atoms with Crippen molar-refractivity contribution in [3.63, 3.8) is 0 Å². The van der Waals surface area contributed by atoms with Crippen LogP contribution in [0.15, 0.2) is 41.3 Å². The number of ether oxygens (including phenoxy) is 1. The molecular weight excluding hydrogens is 402 g/mol. The molecule has 0 radical (unpaired) electrons. The fourth-order valence-electron chi connectivity index (χ4n) is 4.67. The molecule has 3 aromatic rings. The van der Waals surface area contributed by atoms with Crippen molar-refractivity contribution in [2.24, 2.45) is 5.92 Å². The Labute approximate surface area is 189 Å². The van der Waals surface area contributed by atoms with Gasteiger partial charge in [0.05, 0.1) is 24.2 Å². The lowest BCUT2D eigenvalue weighted by Gasteiger charge is -2.26. The number of nitrogens with one attached hydrogen (secondary N) is 1. The second-order valence-electron chi connectivity index (χ2n) is 9.08. The fraction of sp³-hybridized carbons (Fsp3) is 0.480. The Hall–Kier alpha value is -3.09. The molecule has 2 heterocycles. The minimum atomic E-state index is -0.0878. The Morgan fingerprint density at radius 1 is 1.16 bits per heavy atom. The second-order valence-corrected chi connectivity index (χ2v) is 9.08. The van der Waals surface area contributed by atoms with Gasteiger partial charge < -0.3 is 10.1 Å². The van der Waals surface area contributed by atoms with E-state index >= 15 is 0 Å². The molecule has 7 heteroatoms. The molecule has 170 valence electrons. The summed E-state index contributed by atoms with van der Waals surface area (Å²) in [5.74, 6) is 2.10. The second kappa shape index (κ2) is 9.18. The molecule has 0 saturated heterocycles. The Morgan fingerprint density at radius 3 is 2.59 bits per heavy atom. The lowest BCUT2D eigenvalue weighted by Crippen LogP contribution is -2.26. The minimum absolute atomic E-state index is 0.0248. The van der Waals surface area contributed by atoms with Gasteiger partial charge in [0.1, 0.15) is 5.75 Å². The topological polar surface area (TPSA) is 74.0 Å². The average Bonchev–Trinajstić information content (AvgIpc) is 3.05. The summed E-state index contributed by atoms with van der Waals surface area (Å²) in [5, 5.41) is 3.52. The molecule has 2 aromatic heterocycles. The molecule has 1 aromatic carbocycles. The van der Waals surface area contributed by atoms with Crippen LogP contribution in [0.5, 0.6) is 5.75 Å². The van der Waals surface area contributed by atoms with Gasteiger partial charge in [0.25, 0.3) is 0 Å². The van der Waals surface area contributed by atoms with Gasteiger partial charge in [-0.15, -0.1) is 0 Å². The maximum atomic E-state index is 13.5. The number of nitrogens with zero attached hydrogens (tertiary/aromatic N) is 4. The largest absolute Gasteiger partial charge is 0.497 e. The summed E-state index contributed by atoms with van der Waals surface area (Å²) in [7, 11) is 1.63. The molecule has 1 aliphatic carbocycles. The predicted molar refractivity (Wildman–Crippen MR) is 128 cm³/mol. The van der Waals surface area contributed by atoms with Crippen LogP contribution in [0.4, 0.5) is 5.95 Å². The van der Waals surface area contributed by atoms with Crippen molar-refractivity contribution in [3.05, 3.63) is 52.7 Å². The van der Waals surface area contributed by atoms with E-state index in [9.17, 15) is 4.79 Å². The summed E-state index contributed by atoms with van der Waals surface area (Å²) >= 11 is 0. The highest BCUT2D eigenvalue weighted by atomic mass is 16.5. The molecule has 0 spiro atoms. The van der Waals surface area contributed by atoms with E-state index in [4.69, 9.17) is 9.72 Å². The Kier molecular flexibility index (Phi) is 6.35. The molecule has 1 fully saturated rings. The quantitative estimate of drug-likeness (QED) is 0.591. The van der Waals surface area contributed by atoms with E-state index in [-0.39, 0.29) is 11.7 Å². The minimum Gasteiger partial charge on any atom is -0.497 e. The van der Waals surface area contributed by atoms with Crippen molar-refractivity contribution in [1.29, 1.82) is 0 Å². The molecule has 1 aliphatic rings. The third-order valence-corrected chi connectivity index (χ3v) is 6.40. The molecule has 0 aliphatic heterocycles. The Balaban J connectivity index is 1.79. The molecule has 1 N–H and O–H groups in total. The SMILES string of the molecule is COc1cccc(-n2c(-c3ccnc(N[C@H]4CC[C@H](C)CC4)n3)c(C)n(C(C)C)c2=O)c1. The standard InChI is InChI=1S/C25H33N5O2/c1-16(2)29-18(4)23(30(25(29)31)20-7-6-8-21(15-20)32-5)22-13-14-26-24(28-22)27-19-11-9-17(3)10-12-19/h6-8,13-17,19H,9-12H2,1-5H3,(H,26,27,28)/t17-,19-. The van der Waals surface area contributed by atoms with Crippen LogP contribution in [0.3, 0.4) is 0 Å². The first kappa shape index (κ1) is 22.1. The normalized spacial score (nSPS) is 18.7. The molecule has 0 atom stereocenters. The van der Waals surface area contributed by atoms with Gasteiger partial charge in [-0.05, 0) is 70.6 Å². The zero-order chi connectivity index (χ0) is 22.8. The van der Waals surface area contributed by atoms with Gasteiger partial charge in [-0.1, -0.05) is 13.0 Å². The summed E-state index contributed by atoms with van der Waals surface area (Å²) < 4.78 is 8.94. The van der Waals surface area contributed by atoms with Crippen molar-refractivity contribution >= 4 is 5.95 Å². The van der Waals surface area contributed by atoms with Gasteiger partial charge in [0.2, 0.25) is 5.95 Å². The molecule has 1 saturated carbocycles. The van der Waals surface area contributed by atoms with E-state index in [1.807, 2.05) is 55.7 Å². The summed E-state index contributed by atoms with van der Waals surface area (Å²) in [6.45, 7) is 8.33. The van der Waals surface area contributed by atoms with Crippen molar-refractivity contribution < 1.29 is 4.74 Å². The maximum absolute atomic E-state index is 13.5. The monoisotopic (exact) mass is 435 g/mol. The number of imidazole rings is 1. The van der Waals surface area contributed by atoms with Crippen molar-refractivity contribution in [2.75, 3.05) is 12.4 Å². The molecule has 32 heavy (non-hydrogen) atoms. The number of hydrogen-bond donors (Lipinski definition) is 1. The van der Waals surface area contributed by atoms with Crippen LogP contribution in [-0.4, -0.2) is 32.3 Å². The molecular formula is C25H33N5O2. The van der Waals surface area contributed by atoms with E-state index in [2.05, 4.69) is 17.2 Å². The Bertz CT molecular complexity index is 1140. The van der Waals surface area contributed by atoms with E-state index in [1.165, 1.54) is 12.8 Å². The van der Waals surface area contributed by atoms with E-state index in [0.29, 0.717) is 17.7 Å². The van der Waals surface area contributed by atoms with Crippen molar-refractivity contribution in [1.82, 2.24) is 19.1 Å². The Morgan fingerprint density at radius 2 is 1.91 bits per heavy atom. The number of anilines is 1. The first-order valence-corrected chi connectivity index (χ1v) is 11.5. The van der Waals surface area contributed by atoms with Gasteiger partial charge >= 0.3 is 5.69 Å². The van der Waals surface area contributed by atoms with Gasteiger partial charge in [0.15, 0.2) is 0 Å². The number of rotatable bonds is 6. The zero-order valence-corrected chi connectivity index (χ0v) is 19.6. The third kappa shape index (κ3) is 4.29. The lowest BCUT2D eigenvalue weighted by molar-refractivity contribution is 0.360. The summed E-state index contributed by atoms with van der Waals surface area (Å²) in [6, 6.07) is 9.85. The fourth-order valence-corrected chi connectivity index (χ4v) is 4.67. The number of aromatic nitrogens is 4. The maximum Gasteiger partial charge on any atom is 0.333 e. The highest BCUT2D eigenvalue weighted by Gasteiger charge is 2.23. The van der Waals surface area contributed by atoms with Crippen LogP contribution in [-0.2, 0) is 0 Å². The highest BCUT2D eigenvalue weighted by Crippen LogP contribution is 2.29. The lowest BCUT2D eigenvalue weighted by atomic mass is 9.87. The first-order chi connectivity index (χ1) is 15.4. The highest BCUT2D eigenvalue weighted by molar-refractivity contribution is 5.63. The number of hydrogen-bond acceptors (Lipinski definition) is 5. The number of methoxy groups -OCH3 is 1. The van der Waals surface area contributed by atoms with Gasteiger partial charge in [-0.25, -0.2) is 14.8 Å². The molecule has 0 unspecified atom stereocenters. The van der Waals surface area contributed by atoms with E-state index in [0.717, 1.165) is 41.5 Å². The molecule has 0 amide bonds. The van der Waals surface area contributed by atoms with Crippen LogP contribution >= 0.6 is 0 Å². The molecule has 0 bridgehead atoms. The average molecular weight is 436 g/mol. The third-order valence-electron chi connectivity index (χ3n) is 6.40. The van der Waals surface area contributed by atoms with Gasteiger partial charge in [-0.3, -0.25) is 9.13 Å². The molecule has 7 nitrogen and oxygen atoms in total. The van der Waals surface area contributed by atoms with Crippen LogP contribution < -0.4 is 15.7 Å². The van der Waals surface area contributed by atoms with Crippen LogP contribution in [0.25, 0.3) is 17.1 Å². The van der Waals surface area contributed by atoms with Crippen LogP contribution in [0, 0.1) is 12.8 Å².